The van der Waals surface area contributed by atoms with E-state index in [9.17, 15) is 19.2 Å². The highest BCUT2D eigenvalue weighted by molar-refractivity contribution is 6.13. The van der Waals surface area contributed by atoms with Crippen molar-refractivity contribution in [2.75, 3.05) is 33.3 Å². The summed E-state index contributed by atoms with van der Waals surface area (Å²) in [5.41, 5.74) is -1.12. The summed E-state index contributed by atoms with van der Waals surface area (Å²) in [4.78, 5) is 51.9. The van der Waals surface area contributed by atoms with Gasteiger partial charge in [0.15, 0.2) is 0 Å². The van der Waals surface area contributed by atoms with Gasteiger partial charge in [0.2, 0.25) is 0 Å². The second-order valence-corrected chi connectivity index (χ2v) is 7.33. The van der Waals surface area contributed by atoms with Crippen LogP contribution < -0.4 is 4.90 Å². The molecule has 9 nitrogen and oxygen atoms in total. The molecule has 0 aromatic heterocycles. The van der Waals surface area contributed by atoms with E-state index in [2.05, 4.69) is 0 Å². The summed E-state index contributed by atoms with van der Waals surface area (Å²) in [5.74, 6) is -3.04. The minimum absolute atomic E-state index is 0.0280. The lowest BCUT2D eigenvalue weighted by atomic mass is 9.51. The number of esters is 4. The zero-order chi connectivity index (χ0) is 23.1. The lowest BCUT2D eigenvalue weighted by molar-refractivity contribution is -0.143. The van der Waals surface area contributed by atoms with Crippen molar-refractivity contribution in [1.29, 1.82) is 0 Å². The van der Waals surface area contributed by atoms with Crippen molar-refractivity contribution in [2.24, 2.45) is 0 Å². The first-order valence-electron chi connectivity index (χ1n) is 9.34. The minimum atomic E-state index is -1.26. The number of rotatable bonds is 5. The normalized spacial score (nSPS) is 23.9. The first-order chi connectivity index (χ1) is 14.6. The fraction of sp³-hybridized carbons (Fsp3) is 0.364. The van der Waals surface area contributed by atoms with Gasteiger partial charge in [-0.05, 0) is 25.5 Å². The third-order valence-corrected chi connectivity index (χ3v) is 6.21. The van der Waals surface area contributed by atoms with E-state index in [-0.39, 0.29) is 16.8 Å². The highest BCUT2D eigenvalue weighted by Crippen LogP contribution is 2.67. The number of fused-ring (bicyclic) bond motifs is 3. The molecule has 2 unspecified atom stereocenters. The van der Waals surface area contributed by atoms with Crippen LogP contribution in [0.4, 0.5) is 5.69 Å². The summed E-state index contributed by atoms with van der Waals surface area (Å²) in [6.07, 6.45) is 0.991. The molecule has 1 aliphatic carbocycles. The van der Waals surface area contributed by atoms with Crippen LogP contribution in [-0.2, 0) is 43.5 Å². The molecule has 9 heteroatoms. The Morgan fingerprint density at radius 3 is 1.97 bits per heavy atom. The van der Waals surface area contributed by atoms with Crippen LogP contribution in [0.5, 0.6) is 0 Å². The molecule has 31 heavy (non-hydrogen) atoms. The van der Waals surface area contributed by atoms with E-state index in [0.717, 1.165) is 6.08 Å². The molecule has 1 aromatic carbocycles. The molecule has 1 aliphatic heterocycles. The molecule has 0 spiro atoms. The predicted octanol–water partition coefficient (Wildman–Crippen LogP) is 1.41. The van der Waals surface area contributed by atoms with Crippen molar-refractivity contribution in [3.63, 3.8) is 0 Å². The molecule has 0 amide bonds. The van der Waals surface area contributed by atoms with Crippen LogP contribution in [-0.4, -0.2) is 57.9 Å². The van der Waals surface area contributed by atoms with Crippen LogP contribution in [0.2, 0.25) is 0 Å². The molecule has 1 heterocycles. The van der Waals surface area contributed by atoms with Crippen LogP contribution in [0.1, 0.15) is 19.4 Å². The van der Waals surface area contributed by atoms with Crippen LogP contribution in [0.25, 0.3) is 0 Å². The number of hydrogen-bond donors (Lipinski definition) is 0. The molecule has 2 atom stereocenters. The Hall–Kier alpha value is -3.62. The number of para-hydroxylation sites is 1. The molecule has 1 aromatic rings. The molecule has 3 rings (SSSR count). The highest BCUT2D eigenvalue weighted by atomic mass is 16.5. The van der Waals surface area contributed by atoms with Gasteiger partial charge in [-0.2, -0.15) is 0 Å². The van der Waals surface area contributed by atoms with E-state index >= 15 is 0 Å². The fourth-order valence-corrected chi connectivity index (χ4v) is 4.66. The number of hydrogen-bond acceptors (Lipinski definition) is 9. The second kappa shape index (κ2) is 7.57. The Morgan fingerprint density at radius 1 is 0.839 bits per heavy atom. The fourth-order valence-electron chi connectivity index (χ4n) is 4.66. The molecule has 0 bridgehead atoms. The lowest BCUT2D eigenvalue weighted by Crippen LogP contribution is -2.67. The quantitative estimate of drug-likeness (QED) is 0.390. The smallest absolute Gasteiger partial charge is 0.354 e. The monoisotopic (exact) mass is 429 g/mol. The van der Waals surface area contributed by atoms with Crippen molar-refractivity contribution in [1.82, 2.24) is 0 Å². The van der Waals surface area contributed by atoms with Gasteiger partial charge in [0.1, 0.15) is 5.70 Å². The third-order valence-electron chi connectivity index (χ3n) is 6.21. The van der Waals surface area contributed by atoms with Crippen molar-refractivity contribution < 1.29 is 38.1 Å². The van der Waals surface area contributed by atoms with E-state index in [1.54, 1.807) is 38.1 Å². The van der Waals surface area contributed by atoms with Gasteiger partial charge in [0.05, 0.1) is 56.6 Å². The van der Waals surface area contributed by atoms with E-state index in [1.807, 2.05) is 0 Å². The molecule has 0 saturated carbocycles. The van der Waals surface area contributed by atoms with Crippen LogP contribution >= 0.6 is 0 Å². The van der Waals surface area contributed by atoms with E-state index in [1.165, 1.54) is 33.3 Å². The molecule has 0 radical (unpaired) electrons. The van der Waals surface area contributed by atoms with Crippen molar-refractivity contribution in [3.05, 3.63) is 52.7 Å². The molecule has 0 N–H and O–H groups in total. The third kappa shape index (κ3) is 2.69. The van der Waals surface area contributed by atoms with E-state index in [0.29, 0.717) is 11.3 Å². The maximum absolute atomic E-state index is 12.8. The average Bonchev–Trinajstić information content (AvgIpc) is 2.94. The van der Waals surface area contributed by atoms with Gasteiger partial charge in [-0.25, -0.2) is 19.2 Å². The predicted molar refractivity (Wildman–Crippen MR) is 108 cm³/mol. The van der Waals surface area contributed by atoms with Crippen molar-refractivity contribution in [2.45, 2.75) is 24.8 Å². The van der Waals surface area contributed by atoms with Gasteiger partial charge in [0, 0.05) is 5.69 Å². The molecular formula is C22H23NO8. The van der Waals surface area contributed by atoms with Crippen molar-refractivity contribution >= 4 is 29.6 Å². The van der Waals surface area contributed by atoms with Crippen molar-refractivity contribution in [3.8, 4) is 0 Å². The minimum Gasteiger partial charge on any atom is -0.466 e. The van der Waals surface area contributed by atoms with Gasteiger partial charge < -0.3 is 23.8 Å². The first-order valence-corrected chi connectivity index (χ1v) is 9.34. The Balaban J connectivity index is 2.41. The Morgan fingerprint density at radius 2 is 1.42 bits per heavy atom. The number of carbonyl (C=O) groups excluding carboxylic acids is 4. The molecule has 0 saturated heterocycles. The topological polar surface area (TPSA) is 108 Å². The van der Waals surface area contributed by atoms with Crippen LogP contribution in [0.3, 0.4) is 0 Å². The number of carbonyl (C=O) groups is 4. The SMILES string of the molecule is COC(=O)/C=C(/C(=O)OC)N1c2ccccc2C2(C)C(C(=O)OC)=C(C(=O)OC)C12C. The second-order valence-electron chi connectivity index (χ2n) is 7.33. The summed E-state index contributed by atoms with van der Waals surface area (Å²) in [5, 5.41) is 0. The van der Waals surface area contributed by atoms with Gasteiger partial charge in [-0.3, -0.25) is 0 Å². The summed E-state index contributed by atoms with van der Waals surface area (Å²) >= 11 is 0. The standard InChI is InChI=1S/C22H23NO8/c1-21-12-9-7-8-10-13(12)23(14(18(25)29-4)11-15(24)28-3)22(21,2)17(20(27)31-6)16(21)19(26)30-5/h7-11H,1-6H3/b14-11-. The van der Waals surface area contributed by atoms with E-state index in [4.69, 9.17) is 18.9 Å². The summed E-state index contributed by atoms with van der Waals surface area (Å²) < 4.78 is 19.5. The average molecular weight is 429 g/mol. The highest BCUT2D eigenvalue weighted by Gasteiger charge is 2.73. The Labute approximate surface area is 179 Å². The number of benzene rings is 1. The summed E-state index contributed by atoms with van der Waals surface area (Å²) in [6, 6.07) is 7.03. The Bertz CT molecular complexity index is 1060. The van der Waals surface area contributed by atoms with Gasteiger partial charge in [-0.15, -0.1) is 0 Å². The van der Waals surface area contributed by atoms with Gasteiger partial charge in [-0.1, -0.05) is 18.2 Å². The molecule has 0 fully saturated rings. The zero-order valence-corrected chi connectivity index (χ0v) is 18.1. The van der Waals surface area contributed by atoms with Crippen LogP contribution in [0, 0.1) is 0 Å². The molecular weight excluding hydrogens is 406 g/mol. The zero-order valence-electron chi connectivity index (χ0n) is 18.1. The number of methoxy groups -OCH3 is 4. The van der Waals surface area contributed by atoms with Crippen LogP contribution in [0.15, 0.2) is 47.2 Å². The van der Waals surface area contributed by atoms with Gasteiger partial charge in [0.25, 0.3) is 0 Å². The molecule has 2 aliphatic rings. The van der Waals surface area contributed by atoms with E-state index < -0.39 is 34.8 Å². The number of ether oxygens (including phenoxy) is 4. The van der Waals surface area contributed by atoms with Gasteiger partial charge >= 0.3 is 23.9 Å². The number of anilines is 1. The maximum Gasteiger partial charge on any atom is 0.354 e. The first kappa shape index (κ1) is 22.1. The number of nitrogens with zero attached hydrogens (tertiary/aromatic N) is 1. The lowest BCUT2D eigenvalue weighted by Gasteiger charge is -2.55. The largest absolute Gasteiger partial charge is 0.466 e. The summed E-state index contributed by atoms with van der Waals surface area (Å²) in [6.45, 7) is 3.47. The Kier molecular flexibility index (Phi) is 5.39. The summed E-state index contributed by atoms with van der Waals surface area (Å²) in [7, 11) is 4.77. The molecule has 164 valence electrons. The maximum atomic E-state index is 12.8.